The van der Waals surface area contributed by atoms with Gasteiger partial charge in [0.1, 0.15) is 0 Å². The van der Waals surface area contributed by atoms with E-state index in [0.717, 1.165) is 11.3 Å². The number of nitrogens with one attached hydrogen (secondary N) is 1. The highest BCUT2D eigenvalue weighted by molar-refractivity contribution is 5.98. The Hall–Kier alpha value is -2.63. The summed E-state index contributed by atoms with van der Waals surface area (Å²) < 4.78 is 1.85. The number of nitrogens with zero attached hydrogens (tertiary/aromatic N) is 2. The third kappa shape index (κ3) is 2.84. The molecule has 6 nitrogen and oxygen atoms in total. The van der Waals surface area contributed by atoms with E-state index in [-0.39, 0.29) is 5.91 Å². The lowest BCUT2D eigenvalue weighted by Crippen LogP contribution is -2.38. The molecule has 1 aliphatic rings. The van der Waals surface area contributed by atoms with Gasteiger partial charge in [-0.2, -0.15) is 0 Å². The van der Waals surface area contributed by atoms with Crippen molar-refractivity contribution in [3.63, 3.8) is 0 Å². The molecular weight excluding hydrogens is 294 g/mol. The standard InChI is InChI=1S/C17H19N3O3/c1-20-10-13(19-11-20)7-8-18-16(23)17(9-14(17)15(21)22)12-5-3-2-4-6-12/h2-6,10-11,14H,7-9H2,1H3,(H,18,23)(H,21,22). The van der Waals surface area contributed by atoms with E-state index >= 15 is 0 Å². The molecule has 3 rings (SSSR count). The van der Waals surface area contributed by atoms with Crippen LogP contribution in [0.1, 0.15) is 17.7 Å². The van der Waals surface area contributed by atoms with E-state index in [0.29, 0.717) is 19.4 Å². The molecule has 6 heteroatoms. The summed E-state index contributed by atoms with van der Waals surface area (Å²) in [5.41, 5.74) is 0.729. The topological polar surface area (TPSA) is 84.2 Å². The number of rotatable bonds is 6. The number of aryl methyl sites for hydroxylation is 1. The lowest BCUT2D eigenvalue weighted by atomic mass is 9.92. The van der Waals surface area contributed by atoms with Gasteiger partial charge < -0.3 is 15.0 Å². The van der Waals surface area contributed by atoms with Gasteiger partial charge in [-0.05, 0) is 12.0 Å². The summed E-state index contributed by atoms with van der Waals surface area (Å²) in [7, 11) is 1.89. The Kier molecular flexibility index (Phi) is 3.90. The van der Waals surface area contributed by atoms with Gasteiger partial charge in [0.2, 0.25) is 5.91 Å². The van der Waals surface area contributed by atoms with Gasteiger partial charge in [-0.1, -0.05) is 30.3 Å². The monoisotopic (exact) mass is 313 g/mol. The van der Waals surface area contributed by atoms with Gasteiger partial charge in [-0.15, -0.1) is 0 Å². The second kappa shape index (κ2) is 5.87. The van der Waals surface area contributed by atoms with Crippen molar-refractivity contribution in [2.75, 3.05) is 6.54 Å². The van der Waals surface area contributed by atoms with Gasteiger partial charge in [0.05, 0.1) is 23.4 Å². The minimum atomic E-state index is -0.933. The van der Waals surface area contributed by atoms with Crippen molar-refractivity contribution in [2.24, 2.45) is 13.0 Å². The van der Waals surface area contributed by atoms with Crippen LogP contribution in [0.25, 0.3) is 0 Å². The van der Waals surface area contributed by atoms with Crippen LogP contribution in [-0.4, -0.2) is 33.1 Å². The Balaban J connectivity index is 1.69. The predicted octanol–water partition coefficient (Wildman–Crippen LogP) is 1.12. The fraction of sp³-hybridized carbons (Fsp3) is 0.353. The van der Waals surface area contributed by atoms with E-state index in [2.05, 4.69) is 10.3 Å². The highest BCUT2D eigenvalue weighted by Gasteiger charge is 2.64. The summed E-state index contributed by atoms with van der Waals surface area (Å²) in [6, 6.07) is 9.15. The number of amides is 1. The second-order valence-electron chi connectivity index (χ2n) is 5.97. The maximum atomic E-state index is 12.6. The second-order valence-corrected chi connectivity index (χ2v) is 5.97. The summed E-state index contributed by atoms with van der Waals surface area (Å²) in [4.78, 5) is 28.2. The largest absolute Gasteiger partial charge is 0.481 e. The molecule has 1 saturated carbocycles. The summed E-state index contributed by atoms with van der Waals surface area (Å²) >= 11 is 0. The van der Waals surface area contributed by atoms with Crippen LogP contribution in [0.5, 0.6) is 0 Å². The Morgan fingerprint density at radius 2 is 2.13 bits per heavy atom. The first kappa shape index (κ1) is 15.3. The van der Waals surface area contributed by atoms with Crippen LogP contribution >= 0.6 is 0 Å². The van der Waals surface area contributed by atoms with E-state index in [4.69, 9.17) is 0 Å². The molecule has 1 aromatic heterocycles. The molecule has 0 radical (unpaired) electrons. The third-order valence-corrected chi connectivity index (χ3v) is 4.38. The van der Waals surface area contributed by atoms with Crippen molar-refractivity contribution >= 4 is 11.9 Å². The average Bonchev–Trinajstić information content (AvgIpc) is 3.19. The number of carboxylic acids is 1. The van der Waals surface area contributed by atoms with Crippen LogP contribution in [0.3, 0.4) is 0 Å². The van der Waals surface area contributed by atoms with Crippen LogP contribution < -0.4 is 5.32 Å². The zero-order valence-electron chi connectivity index (χ0n) is 12.9. The van der Waals surface area contributed by atoms with Crippen molar-refractivity contribution in [3.05, 3.63) is 54.1 Å². The molecule has 1 aliphatic carbocycles. The van der Waals surface area contributed by atoms with E-state index in [1.54, 1.807) is 6.33 Å². The quantitative estimate of drug-likeness (QED) is 0.837. The highest BCUT2D eigenvalue weighted by Crippen LogP contribution is 2.54. The number of benzene rings is 1. The van der Waals surface area contributed by atoms with E-state index in [1.165, 1.54) is 0 Å². The molecule has 1 fully saturated rings. The van der Waals surface area contributed by atoms with Crippen molar-refractivity contribution in [1.29, 1.82) is 0 Å². The van der Waals surface area contributed by atoms with Gasteiger partial charge in [-0.3, -0.25) is 9.59 Å². The smallest absolute Gasteiger partial charge is 0.307 e. The summed E-state index contributed by atoms with van der Waals surface area (Å²) in [6.45, 7) is 0.441. The molecule has 2 unspecified atom stereocenters. The predicted molar refractivity (Wildman–Crippen MR) is 83.8 cm³/mol. The number of aliphatic carboxylic acids is 1. The first-order valence-corrected chi connectivity index (χ1v) is 7.57. The molecular formula is C17H19N3O3. The van der Waals surface area contributed by atoms with E-state index in [9.17, 15) is 14.7 Å². The Morgan fingerprint density at radius 1 is 1.39 bits per heavy atom. The van der Waals surface area contributed by atoms with Gasteiger partial charge in [0, 0.05) is 26.2 Å². The number of carbonyl (C=O) groups is 2. The van der Waals surface area contributed by atoms with Crippen LogP contribution in [0, 0.1) is 5.92 Å². The van der Waals surface area contributed by atoms with Crippen LogP contribution in [-0.2, 0) is 28.5 Å². The van der Waals surface area contributed by atoms with Gasteiger partial charge in [-0.25, -0.2) is 4.98 Å². The number of carbonyl (C=O) groups excluding carboxylic acids is 1. The molecule has 1 heterocycles. The zero-order chi connectivity index (χ0) is 16.4. The molecule has 0 aliphatic heterocycles. The van der Waals surface area contributed by atoms with Crippen molar-refractivity contribution in [2.45, 2.75) is 18.3 Å². The summed E-state index contributed by atoms with van der Waals surface area (Å²) in [5.74, 6) is -1.79. The molecule has 1 aromatic carbocycles. The average molecular weight is 313 g/mol. The molecule has 23 heavy (non-hydrogen) atoms. The fourth-order valence-electron chi connectivity index (χ4n) is 3.06. The Morgan fingerprint density at radius 3 is 2.70 bits per heavy atom. The number of aromatic nitrogens is 2. The maximum Gasteiger partial charge on any atom is 0.307 e. The number of carboxylic acid groups (broad SMARTS) is 1. The van der Waals surface area contributed by atoms with Crippen LogP contribution in [0.2, 0.25) is 0 Å². The molecule has 2 N–H and O–H groups in total. The molecule has 120 valence electrons. The Labute approximate surface area is 134 Å². The van der Waals surface area contributed by atoms with Gasteiger partial charge in [0.15, 0.2) is 0 Å². The van der Waals surface area contributed by atoms with Crippen LogP contribution in [0.15, 0.2) is 42.9 Å². The molecule has 1 amide bonds. The van der Waals surface area contributed by atoms with Crippen molar-refractivity contribution in [3.8, 4) is 0 Å². The van der Waals surface area contributed by atoms with Crippen LogP contribution in [0.4, 0.5) is 0 Å². The molecule has 2 aromatic rings. The normalized spacial score (nSPS) is 22.6. The van der Waals surface area contributed by atoms with Crippen molar-refractivity contribution < 1.29 is 14.7 Å². The first-order chi connectivity index (χ1) is 11.0. The minimum absolute atomic E-state index is 0.216. The summed E-state index contributed by atoms with van der Waals surface area (Å²) in [5, 5.41) is 12.2. The molecule has 0 bridgehead atoms. The van der Waals surface area contributed by atoms with Gasteiger partial charge in [0.25, 0.3) is 0 Å². The summed E-state index contributed by atoms with van der Waals surface area (Å²) in [6.07, 6.45) is 4.58. The fourth-order valence-corrected chi connectivity index (χ4v) is 3.06. The van der Waals surface area contributed by atoms with E-state index in [1.807, 2.05) is 48.1 Å². The molecule has 2 atom stereocenters. The highest BCUT2D eigenvalue weighted by atomic mass is 16.4. The third-order valence-electron chi connectivity index (χ3n) is 4.38. The molecule has 0 spiro atoms. The lowest BCUT2D eigenvalue weighted by Gasteiger charge is -2.16. The van der Waals surface area contributed by atoms with E-state index < -0.39 is 17.3 Å². The zero-order valence-corrected chi connectivity index (χ0v) is 12.9. The SMILES string of the molecule is Cn1cnc(CCNC(=O)C2(c3ccccc3)CC2C(=O)O)c1. The first-order valence-electron chi connectivity index (χ1n) is 7.57. The minimum Gasteiger partial charge on any atom is -0.481 e. The maximum absolute atomic E-state index is 12.6. The van der Waals surface area contributed by atoms with Crippen molar-refractivity contribution in [1.82, 2.24) is 14.9 Å². The number of imidazole rings is 1. The molecule has 0 saturated heterocycles. The number of hydrogen-bond acceptors (Lipinski definition) is 3. The number of hydrogen-bond donors (Lipinski definition) is 2. The Bertz CT molecular complexity index is 726. The lowest BCUT2D eigenvalue weighted by molar-refractivity contribution is -0.140. The van der Waals surface area contributed by atoms with Gasteiger partial charge >= 0.3 is 5.97 Å².